The Balaban J connectivity index is 1.50. The Hall–Kier alpha value is -1.36. The molecule has 0 aromatic carbocycles. The normalized spacial score (nSPS) is 29.8. The zero-order valence-corrected chi connectivity index (χ0v) is 12.1. The number of carbonyl (C=O) groups is 1. The van der Waals surface area contributed by atoms with Crippen LogP contribution in [0.3, 0.4) is 0 Å². The van der Waals surface area contributed by atoms with Gasteiger partial charge in [0.2, 0.25) is 5.91 Å². The van der Waals surface area contributed by atoms with Crippen LogP contribution in [0, 0.1) is 5.92 Å². The van der Waals surface area contributed by atoms with Crippen molar-refractivity contribution in [3.05, 3.63) is 18.0 Å². The van der Waals surface area contributed by atoms with Crippen LogP contribution in [0.1, 0.15) is 44.1 Å². The molecule has 3 atom stereocenters. The van der Waals surface area contributed by atoms with Crippen molar-refractivity contribution in [2.24, 2.45) is 13.0 Å². The largest absolute Gasteiger partial charge is 0.351 e. The zero-order valence-electron chi connectivity index (χ0n) is 12.1. The number of hydrogen-bond acceptors (Lipinski definition) is 3. The molecule has 3 rings (SSSR count). The number of carbonyl (C=O) groups excluding carboxylic acids is 1. The molecule has 3 unspecified atom stereocenters. The summed E-state index contributed by atoms with van der Waals surface area (Å²) < 4.78 is 1.76. The highest BCUT2D eigenvalue weighted by Gasteiger charge is 2.34. The van der Waals surface area contributed by atoms with E-state index in [0.29, 0.717) is 12.6 Å². The fourth-order valence-corrected chi connectivity index (χ4v) is 3.58. The molecule has 20 heavy (non-hydrogen) atoms. The third-order valence-electron chi connectivity index (χ3n) is 4.69. The van der Waals surface area contributed by atoms with Gasteiger partial charge in [0, 0.05) is 31.4 Å². The van der Waals surface area contributed by atoms with E-state index in [2.05, 4.69) is 15.7 Å². The lowest BCUT2D eigenvalue weighted by molar-refractivity contribution is -0.124. The van der Waals surface area contributed by atoms with Crippen LogP contribution in [0.15, 0.2) is 12.4 Å². The molecule has 2 heterocycles. The molecule has 1 aliphatic carbocycles. The number of fused-ring (bicyclic) bond motifs is 1. The van der Waals surface area contributed by atoms with Crippen molar-refractivity contribution in [3.63, 3.8) is 0 Å². The van der Waals surface area contributed by atoms with Gasteiger partial charge in [0.05, 0.1) is 12.2 Å². The number of aromatic nitrogens is 2. The summed E-state index contributed by atoms with van der Waals surface area (Å²) in [6, 6.07) is 0.553. The molecular weight excluding hydrogens is 252 g/mol. The summed E-state index contributed by atoms with van der Waals surface area (Å²) in [7, 11) is 1.89. The SMILES string of the molecule is Cn1cc(CNC(=O)C2CCC3CCCCC3N2)cn1. The summed E-state index contributed by atoms with van der Waals surface area (Å²) in [6.07, 6.45) is 11.1. The van der Waals surface area contributed by atoms with Gasteiger partial charge in [-0.25, -0.2) is 0 Å². The molecule has 1 aromatic heterocycles. The van der Waals surface area contributed by atoms with Crippen LogP contribution in [-0.2, 0) is 18.4 Å². The Morgan fingerprint density at radius 1 is 1.40 bits per heavy atom. The van der Waals surface area contributed by atoms with E-state index in [1.54, 1.807) is 10.9 Å². The first kappa shape index (κ1) is 13.6. The van der Waals surface area contributed by atoms with Gasteiger partial charge in [-0.05, 0) is 31.6 Å². The first-order chi connectivity index (χ1) is 9.72. The zero-order chi connectivity index (χ0) is 13.9. The fraction of sp³-hybridized carbons (Fsp3) is 0.733. The molecule has 0 bridgehead atoms. The van der Waals surface area contributed by atoms with Gasteiger partial charge in [0.25, 0.3) is 0 Å². The van der Waals surface area contributed by atoms with Crippen molar-refractivity contribution >= 4 is 5.91 Å². The number of aryl methyl sites for hydroxylation is 1. The van der Waals surface area contributed by atoms with Crippen LogP contribution >= 0.6 is 0 Å². The molecule has 1 saturated heterocycles. The predicted octanol–water partition coefficient (Wildman–Crippen LogP) is 1.35. The maximum atomic E-state index is 12.3. The van der Waals surface area contributed by atoms with Gasteiger partial charge in [0.1, 0.15) is 0 Å². The highest BCUT2D eigenvalue weighted by Crippen LogP contribution is 2.32. The van der Waals surface area contributed by atoms with Gasteiger partial charge in [-0.3, -0.25) is 9.48 Å². The molecule has 2 N–H and O–H groups in total. The minimum absolute atomic E-state index is 0.00831. The molecule has 0 radical (unpaired) electrons. The third-order valence-corrected chi connectivity index (χ3v) is 4.69. The average Bonchev–Trinajstić information content (AvgIpc) is 2.90. The molecule has 0 spiro atoms. The van der Waals surface area contributed by atoms with Crippen molar-refractivity contribution in [1.82, 2.24) is 20.4 Å². The third kappa shape index (κ3) is 3.03. The van der Waals surface area contributed by atoms with Gasteiger partial charge >= 0.3 is 0 Å². The maximum Gasteiger partial charge on any atom is 0.237 e. The standard InChI is InChI=1S/C15H24N4O/c1-19-10-11(9-17-19)8-16-15(20)14-7-6-12-4-2-3-5-13(12)18-14/h9-10,12-14,18H,2-8H2,1H3,(H,16,20). The second-order valence-corrected chi connectivity index (χ2v) is 6.19. The predicted molar refractivity (Wildman–Crippen MR) is 77.0 cm³/mol. The number of nitrogens with zero attached hydrogens (tertiary/aromatic N) is 2. The van der Waals surface area contributed by atoms with Crippen molar-refractivity contribution in [2.45, 2.75) is 57.2 Å². The number of rotatable bonds is 3. The van der Waals surface area contributed by atoms with Gasteiger partial charge in [-0.15, -0.1) is 0 Å². The van der Waals surface area contributed by atoms with Gasteiger partial charge in [-0.1, -0.05) is 12.8 Å². The van der Waals surface area contributed by atoms with Crippen molar-refractivity contribution < 1.29 is 4.79 Å². The van der Waals surface area contributed by atoms with Crippen LogP contribution in [0.5, 0.6) is 0 Å². The topological polar surface area (TPSA) is 59.0 Å². The summed E-state index contributed by atoms with van der Waals surface area (Å²) in [4.78, 5) is 12.3. The monoisotopic (exact) mass is 276 g/mol. The Morgan fingerprint density at radius 2 is 2.25 bits per heavy atom. The van der Waals surface area contributed by atoms with E-state index in [-0.39, 0.29) is 11.9 Å². The summed E-state index contributed by atoms with van der Waals surface area (Å²) in [6.45, 7) is 0.568. The number of piperidine rings is 1. The molecule has 1 saturated carbocycles. The molecule has 110 valence electrons. The van der Waals surface area contributed by atoms with Gasteiger partial charge in [-0.2, -0.15) is 5.10 Å². The average molecular weight is 276 g/mol. The quantitative estimate of drug-likeness (QED) is 0.876. The minimum Gasteiger partial charge on any atom is -0.351 e. The van der Waals surface area contributed by atoms with E-state index >= 15 is 0 Å². The summed E-state index contributed by atoms with van der Waals surface area (Å²) in [5.41, 5.74) is 1.05. The summed E-state index contributed by atoms with van der Waals surface area (Å²) in [5, 5.41) is 10.7. The van der Waals surface area contributed by atoms with Crippen LogP contribution in [0.25, 0.3) is 0 Å². The second kappa shape index (κ2) is 5.95. The Kier molecular flexibility index (Phi) is 4.05. The first-order valence-corrected chi connectivity index (χ1v) is 7.73. The lowest BCUT2D eigenvalue weighted by Crippen LogP contribution is -2.54. The smallest absolute Gasteiger partial charge is 0.237 e. The molecule has 2 aliphatic rings. The maximum absolute atomic E-state index is 12.3. The molecule has 5 heteroatoms. The van der Waals surface area contributed by atoms with E-state index in [0.717, 1.165) is 17.9 Å². The number of amides is 1. The lowest BCUT2D eigenvalue weighted by atomic mass is 9.77. The lowest BCUT2D eigenvalue weighted by Gasteiger charge is -2.39. The molecule has 1 aromatic rings. The highest BCUT2D eigenvalue weighted by molar-refractivity contribution is 5.81. The summed E-state index contributed by atoms with van der Waals surface area (Å²) in [5.74, 6) is 0.934. The van der Waals surface area contributed by atoms with Crippen LogP contribution in [0.4, 0.5) is 0 Å². The highest BCUT2D eigenvalue weighted by atomic mass is 16.2. The van der Waals surface area contributed by atoms with Crippen LogP contribution < -0.4 is 10.6 Å². The molecule has 1 aliphatic heterocycles. The molecule has 1 amide bonds. The van der Waals surface area contributed by atoms with E-state index in [4.69, 9.17) is 0 Å². The fourth-order valence-electron chi connectivity index (χ4n) is 3.58. The van der Waals surface area contributed by atoms with Gasteiger partial charge < -0.3 is 10.6 Å². The number of hydrogen-bond donors (Lipinski definition) is 2. The van der Waals surface area contributed by atoms with E-state index in [1.807, 2.05) is 13.2 Å². The van der Waals surface area contributed by atoms with Crippen LogP contribution in [-0.4, -0.2) is 27.8 Å². The molecule has 2 fully saturated rings. The molecular formula is C15H24N4O. The summed E-state index contributed by atoms with van der Waals surface area (Å²) >= 11 is 0. The van der Waals surface area contributed by atoms with E-state index in [1.165, 1.54) is 32.1 Å². The Labute approximate surface area is 120 Å². The Bertz CT molecular complexity index is 470. The first-order valence-electron chi connectivity index (χ1n) is 7.73. The molecule has 5 nitrogen and oxygen atoms in total. The van der Waals surface area contributed by atoms with Crippen molar-refractivity contribution in [3.8, 4) is 0 Å². The van der Waals surface area contributed by atoms with Crippen molar-refractivity contribution in [1.29, 1.82) is 0 Å². The van der Waals surface area contributed by atoms with E-state index in [9.17, 15) is 4.79 Å². The number of nitrogens with one attached hydrogen (secondary N) is 2. The second-order valence-electron chi connectivity index (χ2n) is 6.19. The van der Waals surface area contributed by atoms with Crippen molar-refractivity contribution in [2.75, 3.05) is 0 Å². The minimum atomic E-state index is -0.00831. The van der Waals surface area contributed by atoms with Crippen LogP contribution in [0.2, 0.25) is 0 Å². The van der Waals surface area contributed by atoms with Gasteiger partial charge in [0.15, 0.2) is 0 Å². The van der Waals surface area contributed by atoms with E-state index < -0.39 is 0 Å². The Morgan fingerprint density at radius 3 is 3.05 bits per heavy atom.